The summed E-state index contributed by atoms with van der Waals surface area (Å²) in [4.78, 5) is 24.7. The zero-order valence-corrected chi connectivity index (χ0v) is 11.2. The number of ether oxygens (including phenoxy) is 2. The van der Waals surface area contributed by atoms with Crippen LogP contribution in [0.5, 0.6) is 11.5 Å². The Balaban J connectivity index is 1.67. The van der Waals surface area contributed by atoms with Gasteiger partial charge in [0, 0.05) is 18.2 Å². The first kappa shape index (κ1) is 12.7. The fraction of sp³-hybridized carbons (Fsp3) is 0.333. The maximum absolute atomic E-state index is 11.8. The molecular weight excluding hydrogens is 258 g/mol. The molecule has 20 heavy (non-hydrogen) atoms. The van der Waals surface area contributed by atoms with Gasteiger partial charge >= 0.3 is 0 Å². The zero-order chi connectivity index (χ0) is 14.1. The van der Waals surface area contributed by atoms with Gasteiger partial charge in [-0.1, -0.05) is 6.07 Å². The first-order valence-electron chi connectivity index (χ1n) is 6.58. The van der Waals surface area contributed by atoms with E-state index in [2.05, 4.69) is 0 Å². The monoisotopic (exact) mass is 273 g/mol. The molecule has 2 amide bonds. The van der Waals surface area contributed by atoms with Gasteiger partial charge in [0.05, 0.1) is 0 Å². The molecule has 5 nitrogen and oxygen atoms in total. The summed E-state index contributed by atoms with van der Waals surface area (Å²) in [5.74, 6) is 1.03. The maximum Gasteiger partial charge on any atom is 0.256 e. The number of imide groups is 1. The Morgan fingerprint density at radius 1 is 1.15 bits per heavy atom. The number of hydrogen-bond donors (Lipinski definition) is 0. The Hall–Kier alpha value is -2.30. The van der Waals surface area contributed by atoms with Crippen molar-refractivity contribution in [2.45, 2.75) is 13.3 Å². The van der Waals surface area contributed by atoms with E-state index in [1.165, 1.54) is 11.0 Å². The molecule has 104 valence electrons. The number of rotatable bonds is 3. The lowest BCUT2D eigenvalue weighted by atomic mass is 10.1. The van der Waals surface area contributed by atoms with Crippen molar-refractivity contribution in [1.82, 2.24) is 4.90 Å². The van der Waals surface area contributed by atoms with Gasteiger partial charge in [-0.2, -0.15) is 0 Å². The molecule has 3 rings (SSSR count). The number of carbonyl (C=O) groups excluding carboxylic acids is 2. The van der Waals surface area contributed by atoms with Gasteiger partial charge in [-0.25, -0.2) is 0 Å². The molecule has 0 fully saturated rings. The molecule has 0 radical (unpaired) electrons. The molecule has 0 N–H and O–H groups in total. The molecule has 1 aromatic rings. The molecule has 0 aliphatic carbocycles. The van der Waals surface area contributed by atoms with Crippen LogP contribution in [0.3, 0.4) is 0 Å². The van der Waals surface area contributed by atoms with E-state index in [9.17, 15) is 9.59 Å². The van der Waals surface area contributed by atoms with E-state index < -0.39 is 0 Å². The van der Waals surface area contributed by atoms with Crippen molar-refractivity contribution in [2.75, 3.05) is 19.8 Å². The second-order valence-corrected chi connectivity index (χ2v) is 4.85. The first-order chi connectivity index (χ1) is 9.65. The normalized spacial score (nSPS) is 17.4. The molecule has 0 spiro atoms. The maximum atomic E-state index is 11.8. The van der Waals surface area contributed by atoms with Crippen LogP contribution in [0.15, 0.2) is 29.8 Å². The van der Waals surface area contributed by atoms with Gasteiger partial charge in [0.2, 0.25) is 0 Å². The van der Waals surface area contributed by atoms with Crippen molar-refractivity contribution in [2.24, 2.45) is 0 Å². The lowest BCUT2D eigenvalue weighted by Crippen LogP contribution is -2.32. The fourth-order valence-corrected chi connectivity index (χ4v) is 2.33. The smallest absolute Gasteiger partial charge is 0.256 e. The summed E-state index contributed by atoms with van der Waals surface area (Å²) in [7, 11) is 0. The molecule has 2 aliphatic heterocycles. The fourth-order valence-electron chi connectivity index (χ4n) is 2.33. The molecule has 5 heteroatoms. The highest BCUT2D eigenvalue weighted by molar-refractivity contribution is 6.15. The minimum absolute atomic E-state index is 0.201. The molecule has 1 aromatic carbocycles. The van der Waals surface area contributed by atoms with Gasteiger partial charge in [0.1, 0.15) is 13.2 Å². The van der Waals surface area contributed by atoms with Crippen molar-refractivity contribution < 1.29 is 19.1 Å². The Kier molecular flexibility index (Phi) is 3.18. The van der Waals surface area contributed by atoms with E-state index in [4.69, 9.17) is 9.47 Å². The number of amides is 2. The Morgan fingerprint density at radius 2 is 1.90 bits per heavy atom. The molecular formula is C15H15NO4. The number of benzene rings is 1. The summed E-state index contributed by atoms with van der Waals surface area (Å²) in [6.45, 7) is 3.15. The highest BCUT2D eigenvalue weighted by Crippen LogP contribution is 2.31. The third kappa shape index (κ3) is 2.27. The predicted octanol–water partition coefficient (Wildman–Crippen LogP) is 1.32. The van der Waals surface area contributed by atoms with Crippen LogP contribution in [0.2, 0.25) is 0 Å². The van der Waals surface area contributed by atoms with Gasteiger partial charge in [-0.3, -0.25) is 14.5 Å². The summed E-state index contributed by atoms with van der Waals surface area (Å²) < 4.78 is 11.0. The summed E-state index contributed by atoms with van der Waals surface area (Å²) in [6.07, 6.45) is 1.99. The van der Waals surface area contributed by atoms with Crippen LogP contribution in [-0.2, 0) is 16.0 Å². The minimum atomic E-state index is -0.231. The van der Waals surface area contributed by atoms with Gasteiger partial charge in [0.25, 0.3) is 11.8 Å². The molecule has 0 atom stereocenters. The number of hydrogen-bond acceptors (Lipinski definition) is 4. The Morgan fingerprint density at radius 3 is 2.60 bits per heavy atom. The number of nitrogens with zero attached hydrogens (tertiary/aromatic N) is 1. The van der Waals surface area contributed by atoms with Crippen LogP contribution < -0.4 is 9.47 Å². The highest BCUT2D eigenvalue weighted by Gasteiger charge is 2.27. The second-order valence-electron chi connectivity index (χ2n) is 4.85. The molecule has 0 bridgehead atoms. The molecule has 2 heterocycles. The minimum Gasteiger partial charge on any atom is -0.486 e. The van der Waals surface area contributed by atoms with E-state index in [1.807, 2.05) is 18.2 Å². The Labute approximate surface area is 116 Å². The van der Waals surface area contributed by atoms with Crippen LogP contribution in [0, 0.1) is 0 Å². The van der Waals surface area contributed by atoms with E-state index in [-0.39, 0.29) is 11.8 Å². The van der Waals surface area contributed by atoms with Crippen molar-refractivity contribution in [1.29, 1.82) is 0 Å². The van der Waals surface area contributed by atoms with E-state index >= 15 is 0 Å². The Bertz CT molecular complexity index is 606. The average Bonchev–Trinajstić information content (AvgIpc) is 2.70. The molecule has 0 saturated carbocycles. The first-order valence-corrected chi connectivity index (χ1v) is 6.58. The summed E-state index contributed by atoms with van der Waals surface area (Å²) in [6, 6.07) is 5.69. The summed E-state index contributed by atoms with van der Waals surface area (Å²) in [5, 5.41) is 0. The van der Waals surface area contributed by atoms with Crippen LogP contribution >= 0.6 is 0 Å². The number of fused-ring (bicyclic) bond motifs is 1. The van der Waals surface area contributed by atoms with Crippen LogP contribution in [-0.4, -0.2) is 36.5 Å². The van der Waals surface area contributed by atoms with Crippen molar-refractivity contribution in [3.63, 3.8) is 0 Å². The second kappa shape index (κ2) is 5.00. The standard InChI is InChI=1S/C15H15NO4/c1-10-8-14(17)16(15(10)18)5-4-11-2-3-12-13(9-11)20-7-6-19-12/h2-3,8-9H,4-7H2,1H3. The van der Waals surface area contributed by atoms with Gasteiger partial charge in [-0.05, 0) is 31.0 Å². The predicted molar refractivity (Wildman–Crippen MR) is 71.6 cm³/mol. The zero-order valence-electron chi connectivity index (χ0n) is 11.2. The third-order valence-electron chi connectivity index (χ3n) is 3.42. The van der Waals surface area contributed by atoms with E-state index in [0.29, 0.717) is 31.8 Å². The molecule has 2 aliphatic rings. The largest absolute Gasteiger partial charge is 0.486 e. The highest BCUT2D eigenvalue weighted by atomic mass is 16.6. The van der Waals surface area contributed by atoms with E-state index in [1.54, 1.807) is 6.92 Å². The van der Waals surface area contributed by atoms with Crippen LogP contribution in [0.25, 0.3) is 0 Å². The van der Waals surface area contributed by atoms with Gasteiger partial charge in [-0.15, -0.1) is 0 Å². The molecule has 0 saturated heterocycles. The molecule has 0 unspecified atom stereocenters. The van der Waals surface area contributed by atoms with Crippen LogP contribution in [0.4, 0.5) is 0 Å². The van der Waals surface area contributed by atoms with Crippen molar-refractivity contribution >= 4 is 11.8 Å². The topological polar surface area (TPSA) is 55.8 Å². The van der Waals surface area contributed by atoms with Crippen LogP contribution in [0.1, 0.15) is 12.5 Å². The lowest BCUT2D eigenvalue weighted by Gasteiger charge is -2.19. The SMILES string of the molecule is CC1=CC(=O)N(CCc2ccc3c(c2)OCCO3)C1=O. The molecule has 0 aromatic heterocycles. The van der Waals surface area contributed by atoms with Crippen molar-refractivity contribution in [3.8, 4) is 11.5 Å². The third-order valence-corrected chi connectivity index (χ3v) is 3.42. The average molecular weight is 273 g/mol. The van der Waals surface area contributed by atoms with Gasteiger partial charge < -0.3 is 9.47 Å². The lowest BCUT2D eigenvalue weighted by molar-refractivity contribution is -0.137. The van der Waals surface area contributed by atoms with E-state index in [0.717, 1.165) is 17.1 Å². The van der Waals surface area contributed by atoms with Crippen molar-refractivity contribution in [3.05, 3.63) is 35.4 Å². The quantitative estimate of drug-likeness (QED) is 0.779. The summed E-state index contributed by atoms with van der Waals surface area (Å²) >= 11 is 0. The summed E-state index contributed by atoms with van der Waals surface area (Å²) in [5.41, 5.74) is 1.51. The van der Waals surface area contributed by atoms with Gasteiger partial charge in [0.15, 0.2) is 11.5 Å². The number of carbonyl (C=O) groups is 2.